The molecule has 1 aromatic heterocycles. The van der Waals surface area contributed by atoms with Crippen LogP contribution < -0.4 is 15.5 Å². The SMILES string of the molecule is CCCCCONCc1ccccc1.COc1ccc(C(=O)Nc2nc(C)c(C(=O)O)s2)cc1. The van der Waals surface area contributed by atoms with Crippen molar-refractivity contribution in [2.45, 2.75) is 39.7 Å². The van der Waals surface area contributed by atoms with Crippen LogP contribution in [0.25, 0.3) is 0 Å². The number of aryl methyl sites for hydroxylation is 1. The molecule has 0 saturated heterocycles. The van der Waals surface area contributed by atoms with E-state index in [1.165, 1.54) is 18.4 Å². The second kappa shape index (κ2) is 14.8. The van der Waals surface area contributed by atoms with E-state index in [-0.39, 0.29) is 15.9 Å². The van der Waals surface area contributed by atoms with Crippen molar-refractivity contribution in [3.8, 4) is 5.75 Å². The topological polar surface area (TPSA) is 110 Å². The van der Waals surface area contributed by atoms with Crippen LogP contribution in [-0.2, 0) is 11.4 Å². The fourth-order valence-electron chi connectivity index (χ4n) is 2.79. The second-order valence-corrected chi connectivity index (χ2v) is 8.28. The number of carbonyl (C=O) groups is 2. The molecule has 3 aromatic rings. The Bertz CT molecular complexity index is 1020. The Kier molecular flexibility index (Phi) is 11.7. The van der Waals surface area contributed by atoms with Gasteiger partial charge in [0.05, 0.1) is 19.4 Å². The van der Waals surface area contributed by atoms with Crippen molar-refractivity contribution in [2.24, 2.45) is 0 Å². The van der Waals surface area contributed by atoms with Crippen molar-refractivity contribution in [2.75, 3.05) is 19.0 Å². The lowest BCUT2D eigenvalue weighted by Gasteiger charge is -2.05. The van der Waals surface area contributed by atoms with Crippen LogP contribution in [-0.4, -0.2) is 35.7 Å². The molecular formula is C25H31N3O5S. The maximum absolute atomic E-state index is 12.0. The fraction of sp³-hybridized carbons (Fsp3) is 0.320. The molecule has 1 heterocycles. The Morgan fingerprint density at radius 3 is 2.35 bits per heavy atom. The Morgan fingerprint density at radius 1 is 1.06 bits per heavy atom. The highest BCUT2D eigenvalue weighted by Crippen LogP contribution is 2.23. The molecule has 0 aliphatic carbocycles. The number of aromatic carboxylic acids is 1. The summed E-state index contributed by atoms with van der Waals surface area (Å²) in [5.74, 6) is -0.747. The Morgan fingerprint density at radius 2 is 1.76 bits per heavy atom. The first kappa shape index (κ1) is 27.0. The van der Waals surface area contributed by atoms with E-state index in [1.54, 1.807) is 38.3 Å². The van der Waals surface area contributed by atoms with Crippen LogP contribution >= 0.6 is 11.3 Å². The molecule has 9 heteroatoms. The number of carboxylic acid groups (broad SMARTS) is 1. The Labute approximate surface area is 203 Å². The maximum atomic E-state index is 12.0. The molecule has 3 rings (SSSR count). The first-order valence-corrected chi connectivity index (χ1v) is 11.8. The molecule has 0 fully saturated rings. The number of amides is 1. The number of carbonyl (C=O) groups excluding carboxylic acids is 1. The van der Waals surface area contributed by atoms with Crippen molar-refractivity contribution in [3.63, 3.8) is 0 Å². The van der Waals surface area contributed by atoms with E-state index in [0.29, 0.717) is 17.0 Å². The lowest BCUT2D eigenvalue weighted by Crippen LogP contribution is -2.14. The third-order valence-electron chi connectivity index (χ3n) is 4.63. The van der Waals surface area contributed by atoms with Crippen molar-refractivity contribution in [1.82, 2.24) is 10.5 Å². The van der Waals surface area contributed by atoms with E-state index < -0.39 is 5.97 Å². The normalized spacial score (nSPS) is 10.2. The van der Waals surface area contributed by atoms with Gasteiger partial charge in [0.15, 0.2) is 5.13 Å². The highest BCUT2D eigenvalue weighted by molar-refractivity contribution is 7.17. The summed E-state index contributed by atoms with van der Waals surface area (Å²) in [6, 6.07) is 16.8. The van der Waals surface area contributed by atoms with Gasteiger partial charge in [0.2, 0.25) is 0 Å². The number of rotatable bonds is 11. The number of ether oxygens (including phenoxy) is 1. The van der Waals surface area contributed by atoms with Crippen LogP contribution in [0.1, 0.15) is 57.5 Å². The molecule has 34 heavy (non-hydrogen) atoms. The average molecular weight is 486 g/mol. The number of hydrogen-bond acceptors (Lipinski definition) is 7. The molecule has 0 spiro atoms. The van der Waals surface area contributed by atoms with E-state index in [1.807, 2.05) is 18.2 Å². The van der Waals surface area contributed by atoms with Crippen LogP contribution in [0.15, 0.2) is 54.6 Å². The minimum Gasteiger partial charge on any atom is -0.497 e. The van der Waals surface area contributed by atoms with Gasteiger partial charge in [0.25, 0.3) is 5.91 Å². The van der Waals surface area contributed by atoms with Crippen molar-refractivity contribution >= 4 is 28.3 Å². The number of hydrogen-bond donors (Lipinski definition) is 3. The zero-order valence-electron chi connectivity index (χ0n) is 19.7. The van der Waals surface area contributed by atoms with Gasteiger partial charge < -0.3 is 14.7 Å². The third-order valence-corrected chi connectivity index (χ3v) is 5.70. The van der Waals surface area contributed by atoms with Gasteiger partial charge in [0, 0.05) is 12.1 Å². The number of benzene rings is 2. The smallest absolute Gasteiger partial charge is 0.347 e. The number of aromatic nitrogens is 1. The lowest BCUT2D eigenvalue weighted by atomic mass is 10.2. The summed E-state index contributed by atoms with van der Waals surface area (Å²) in [4.78, 5) is 32.3. The van der Waals surface area contributed by atoms with Gasteiger partial charge in [-0.2, -0.15) is 5.48 Å². The van der Waals surface area contributed by atoms with E-state index in [0.717, 1.165) is 30.9 Å². The third kappa shape index (κ3) is 9.30. The summed E-state index contributed by atoms with van der Waals surface area (Å²) in [5, 5.41) is 11.8. The van der Waals surface area contributed by atoms with Crippen LogP contribution in [0, 0.1) is 6.92 Å². The Hall–Kier alpha value is -3.27. The first-order valence-electron chi connectivity index (χ1n) is 11.0. The predicted octanol–water partition coefficient (Wildman–Crippen LogP) is 5.31. The largest absolute Gasteiger partial charge is 0.497 e. The summed E-state index contributed by atoms with van der Waals surface area (Å²) in [7, 11) is 1.54. The molecule has 2 aromatic carbocycles. The molecule has 182 valence electrons. The number of nitrogens with zero attached hydrogens (tertiary/aromatic N) is 1. The number of nitrogens with one attached hydrogen (secondary N) is 2. The fourth-order valence-corrected chi connectivity index (χ4v) is 3.59. The molecule has 0 saturated carbocycles. The van der Waals surface area contributed by atoms with E-state index in [2.05, 4.69) is 34.8 Å². The van der Waals surface area contributed by atoms with Gasteiger partial charge in [-0.05, 0) is 43.2 Å². The maximum Gasteiger partial charge on any atom is 0.347 e. The standard InChI is InChI=1S/C13H12N2O4S.C12H19NO/c1-7-10(12(17)18)20-13(14-7)15-11(16)8-3-5-9(19-2)6-4-8;1-2-3-7-10-14-13-11-12-8-5-4-6-9-12/h3-6H,1-2H3,(H,17,18)(H,14,15,16);4-6,8-9,13H,2-3,7,10-11H2,1H3. The van der Waals surface area contributed by atoms with Crippen molar-refractivity contribution in [1.29, 1.82) is 0 Å². The first-order chi connectivity index (χ1) is 16.4. The summed E-state index contributed by atoms with van der Waals surface area (Å²) >= 11 is 0.931. The average Bonchev–Trinajstić information content (AvgIpc) is 3.22. The molecular weight excluding hydrogens is 454 g/mol. The quantitative estimate of drug-likeness (QED) is 0.249. The van der Waals surface area contributed by atoms with Crippen LogP contribution in [0.4, 0.5) is 5.13 Å². The van der Waals surface area contributed by atoms with Gasteiger partial charge in [-0.1, -0.05) is 61.4 Å². The molecule has 0 aliphatic rings. The number of carboxylic acids is 1. The monoisotopic (exact) mass is 485 g/mol. The number of unbranched alkanes of at least 4 members (excludes halogenated alkanes) is 2. The van der Waals surface area contributed by atoms with Crippen LogP contribution in [0.5, 0.6) is 5.75 Å². The predicted molar refractivity (Wildman–Crippen MR) is 134 cm³/mol. The highest BCUT2D eigenvalue weighted by atomic mass is 32.1. The molecule has 0 unspecified atom stereocenters. The van der Waals surface area contributed by atoms with Gasteiger partial charge in [-0.3, -0.25) is 10.1 Å². The molecule has 0 bridgehead atoms. The second-order valence-electron chi connectivity index (χ2n) is 7.28. The molecule has 3 N–H and O–H groups in total. The van der Waals surface area contributed by atoms with Gasteiger partial charge in [0.1, 0.15) is 10.6 Å². The minimum atomic E-state index is -1.05. The van der Waals surface area contributed by atoms with Gasteiger partial charge >= 0.3 is 5.97 Å². The summed E-state index contributed by atoms with van der Waals surface area (Å²) in [6.45, 7) is 5.37. The van der Waals surface area contributed by atoms with Crippen molar-refractivity contribution < 1.29 is 24.3 Å². The molecule has 0 radical (unpaired) electrons. The lowest BCUT2D eigenvalue weighted by molar-refractivity contribution is 0.0342. The van der Waals surface area contributed by atoms with Crippen LogP contribution in [0.2, 0.25) is 0 Å². The van der Waals surface area contributed by atoms with Crippen LogP contribution in [0.3, 0.4) is 0 Å². The van der Waals surface area contributed by atoms with Crippen molar-refractivity contribution in [3.05, 3.63) is 76.3 Å². The molecule has 0 atom stereocenters. The number of anilines is 1. The van der Waals surface area contributed by atoms with E-state index in [9.17, 15) is 9.59 Å². The van der Waals surface area contributed by atoms with Gasteiger partial charge in [-0.15, -0.1) is 0 Å². The summed E-state index contributed by atoms with van der Waals surface area (Å²) in [6.07, 6.45) is 3.62. The Balaban J connectivity index is 0.000000257. The number of hydroxylamine groups is 1. The summed E-state index contributed by atoms with van der Waals surface area (Å²) < 4.78 is 5.01. The number of methoxy groups -OCH3 is 1. The van der Waals surface area contributed by atoms with Gasteiger partial charge in [-0.25, -0.2) is 9.78 Å². The van der Waals surface area contributed by atoms with E-state index in [4.69, 9.17) is 14.7 Å². The molecule has 1 amide bonds. The molecule has 0 aliphatic heterocycles. The molecule has 8 nitrogen and oxygen atoms in total. The zero-order chi connectivity index (χ0) is 24.8. The minimum absolute atomic E-state index is 0.120. The summed E-state index contributed by atoms with van der Waals surface area (Å²) in [5.41, 5.74) is 5.04. The zero-order valence-corrected chi connectivity index (χ0v) is 20.5. The van der Waals surface area contributed by atoms with E-state index >= 15 is 0 Å². The highest BCUT2D eigenvalue weighted by Gasteiger charge is 2.16. The number of thiazole rings is 1.